The van der Waals surface area contributed by atoms with E-state index in [-0.39, 0.29) is 5.41 Å². The third-order valence-electron chi connectivity index (χ3n) is 5.22. The standard InChI is InChI=1S/C18H28N2/c1-18(2,15-8-4-3-5-9-15)14-19-16-11-13-20-12-7-6-10-17(16)20/h3-5,8-9,16-17,19H,6-7,10-14H2,1-2H3. The number of piperidine rings is 1. The minimum absolute atomic E-state index is 0.212. The second kappa shape index (κ2) is 5.87. The van der Waals surface area contributed by atoms with E-state index in [0.717, 1.165) is 12.6 Å². The molecule has 2 nitrogen and oxygen atoms in total. The van der Waals surface area contributed by atoms with E-state index in [9.17, 15) is 0 Å². The Morgan fingerprint density at radius 3 is 2.70 bits per heavy atom. The minimum atomic E-state index is 0.212. The fraction of sp³-hybridized carbons (Fsp3) is 0.667. The monoisotopic (exact) mass is 272 g/mol. The molecule has 0 radical (unpaired) electrons. The first-order valence-corrected chi connectivity index (χ1v) is 8.20. The van der Waals surface area contributed by atoms with Gasteiger partial charge in [-0.3, -0.25) is 4.90 Å². The van der Waals surface area contributed by atoms with Gasteiger partial charge in [0.15, 0.2) is 0 Å². The molecule has 0 aromatic heterocycles. The molecule has 0 amide bonds. The Labute approximate surface area is 123 Å². The molecule has 2 atom stereocenters. The second-order valence-electron chi connectivity index (χ2n) is 7.13. The minimum Gasteiger partial charge on any atom is -0.312 e. The molecule has 2 heteroatoms. The van der Waals surface area contributed by atoms with Crippen molar-refractivity contribution in [3.05, 3.63) is 35.9 Å². The highest BCUT2D eigenvalue weighted by molar-refractivity contribution is 5.24. The third kappa shape index (κ3) is 2.91. The van der Waals surface area contributed by atoms with Gasteiger partial charge in [-0.05, 0) is 31.4 Å². The van der Waals surface area contributed by atoms with Gasteiger partial charge in [0.05, 0.1) is 0 Å². The first-order chi connectivity index (χ1) is 9.67. The molecule has 1 aromatic carbocycles. The quantitative estimate of drug-likeness (QED) is 0.905. The lowest BCUT2D eigenvalue weighted by atomic mass is 9.84. The maximum Gasteiger partial charge on any atom is 0.0249 e. The molecule has 2 fully saturated rings. The van der Waals surface area contributed by atoms with Crippen molar-refractivity contribution in [2.24, 2.45) is 0 Å². The molecule has 2 aliphatic heterocycles. The summed E-state index contributed by atoms with van der Waals surface area (Å²) >= 11 is 0. The lowest BCUT2D eigenvalue weighted by Crippen LogP contribution is -2.47. The molecule has 20 heavy (non-hydrogen) atoms. The summed E-state index contributed by atoms with van der Waals surface area (Å²) in [6.45, 7) is 8.40. The predicted octanol–water partition coefficient (Wildman–Crippen LogP) is 3.18. The van der Waals surface area contributed by atoms with Crippen LogP contribution in [0.3, 0.4) is 0 Å². The molecular formula is C18H28N2. The predicted molar refractivity (Wildman–Crippen MR) is 85.1 cm³/mol. The molecule has 0 bridgehead atoms. The zero-order valence-electron chi connectivity index (χ0n) is 12.9. The molecule has 3 rings (SSSR count). The average Bonchev–Trinajstić information content (AvgIpc) is 2.89. The van der Waals surface area contributed by atoms with Crippen molar-refractivity contribution in [2.75, 3.05) is 19.6 Å². The molecule has 2 aliphatic rings. The largest absolute Gasteiger partial charge is 0.312 e. The van der Waals surface area contributed by atoms with Gasteiger partial charge in [-0.2, -0.15) is 0 Å². The molecule has 2 saturated heterocycles. The number of hydrogen-bond donors (Lipinski definition) is 1. The van der Waals surface area contributed by atoms with E-state index >= 15 is 0 Å². The maximum absolute atomic E-state index is 3.88. The van der Waals surface area contributed by atoms with Crippen molar-refractivity contribution in [3.8, 4) is 0 Å². The summed E-state index contributed by atoms with van der Waals surface area (Å²) in [5, 5.41) is 3.88. The van der Waals surface area contributed by atoms with Crippen molar-refractivity contribution >= 4 is 0 Å². The first kappa shape index (κ1) is 14.1. The Morgan fingerprint density at radius 2 is 1.90 bits per heavy atom. The lowest BCUT2D eigenvalue weighted by Gasteiger charge is -2.34. The molecule has 0 spiro atoms. The summed E-state index contributed by atoms with van der Waals surface area (Å²) in [5.74, 6) is 0. The van der Waals surface area contributed by atoms with Crippen molar-refractivity contribution in [1.82, 2.24) is 10.2 Å². The Hall–Kier alpha value is -0.860. The number of benzene rings is 1. The zero-order chi connectivity index (χ0) is 14.0. The summed E-state index contributed by atoms with van der Waals surface area (Å²) in [5.41, 5.74) is 1.65. The van der Waals surface area contributed by atoms with Gasteiger partial charge in [0.2, 0.25) is 0 Å². The number of rotatable bonds is 4. The van der Waals surface area contributed by atoms with E-state index in [0.29, 0.717) is 6.04 Å². The number of nitrogens with one attached hydrogen (secondary N) is 1. The van der Waals surface area contributed by atoms with Crippen LogP contribution in [0.5, 0.6) is 0 Å². The molecule has 0 saturated carbocycles. The molecule has 2 unspecified atom stereocenters. The second-order valence-corrected chi connectivity index (χ2v) is 7.13. The summed E-state index contributed by atoms with van der Waals surface area (Å²) in [4.78, 5) is 2.71. The highest BCUT2D eigenvalue weighted by atomic mass is 15.2. The van der Waals surface area contributed by atoms with Gasteiger partial charge in [-0.1, -0.05) is 50.6 Å². The van der Waals surface area contributed by atoms with Crippen LogP contribution >= 0.6 is 0 Å². The number of nitrogens with zero attached hydrogens (tertiary/aromatic N) is 1. The van der Waals surface area contributed by atoms with Gasteiger partial charge in [-0.25, -0.2) is 0 Å². The van der Waals surface area contributed by atoms with E-state index in [4.69, 9.17) is 0 Å². The fourth-order valence-corrected chi connectivity index (χ4v) is 3.86. The summed E-state index contributed by atoms with van der Waals surface area (Å²) in [6, 6.07) is 12.4. The smallest absolute Gasteiger partial charge is 0.0249 e. The fourth-order valence-electron chi connectivity index (χ4n) is 3.86. The van der Waals surface area contributed by atoms with Crippen LogP contribution in [0.25, 0.3) is 0 Å². The molecular weight excluding hydrogens is 244 g/mol. The Morgan fingerprint density at radius 1 is 1.10 bits per heavy atom. The van der Waals surface area contributed by atoms with Crippen LogP contribution in [0, 0.1) is 0 Å². The Balaban J connectivity index is 1.59. The van der Waals surface area contributed by atoms with Crippen LogP contribution in [-0.2, 0) is 5.41 Å². The number of fused-ring (bicyclic) bond motifs is 1. The van der Waals surface area contributed by atoms with Crippen LogP contribution in [0.4, 0.5) is 0 Å². The normalized spacial score (nSPS) is 27.5. The third-order valence-corrected chi connectivity index (χ3v) is 5.22. The van der Waals surface area contributed by atoms with Crippen molar-refractivity contribution < 1.29 is 0 Å². The summed E-state index contributed by atoms with van der Waals surface area (Å²) in [6.07, 6.45) is 5.54. The van der Waals surface area contributed by atoms with Gasteiger partial charge in [-0.15, -0.1) is 0 Å². The van der Waals surface area contributed by atoms with Gasteiger partial charge >= 0.3 is 0 Å². The van der Waals surface area contributed by atoms with Crippen molar-refractivity contribution in [1.29, 1.82) is 0 Å². The van der Waals surface area contributed by atoms with Crippen molar-refractivity contribution in [2.45, 2.75) is 57.0 Å². The topological polar surface area (TPSA) is 15.3 Å². The molecule has 2 heterocycles. The Kier molecular flexibility index (Phi) is 4.13. The first-order valence-electron chi connectivity index (χ1n) is 8.20. The average molecular weight is 272 g/mol. The maximum atomic E-state index is 3.88. The van der Waals surface area contributed by atoms with Gasteiger partial charge in [0.1, 0.15) is 0 Å². The lowest BCUT2D eigenvalue weighted by molar-refractivity contribution is 0.178. The van der Waals surface area contributed by atoms with Gasteiger partial charge < -0.3 is 5.32 Å². The van der Waals surface area contributed by atoms with Crippen LogP contribution in [-0.4, -0.2) is 36.6 Å². The molecule has 110 valence electrons. The summed E-state index contributed by atoms with van der Waals surface area (Å²) < 4.78 is 0. The van der Waals surface area contributed by atoms with Crippen molar-refractivity contribution in [3.63, 3.8) is 0 Å². The number of hydrogen-bond acceptors (Lipinski definition) is 2. The van der Waals surface area contributed by atoms with E-state index in [1.165, 1.54) is 44.3 Å². The van der Waals surface area contributed by atoms with Crippen LogP contribution < -0.4 is 5.32 Å². The SMILES string of the molecule is CC(C)(CNC1CCN2CCCCC12)c1ccccc1. The molecule has 1 aromatic rings. The van der Waals surface area contributed by atoms with E-state index in [1.54, 1.807) is 0 Å². The summed E-state index contributed by atoms with van der Waals surface area (Å²) in [7, 11) is 0. The molecule has 1 N–H and O–H groups in total. The Bertz CT molecular complexity index is 426. The van der Waals surface area contributed by atoms with E-state index < -0.39 is 0 Å². The van der Waals surface area contributed by atoms with Crippen LogP contribution in [0.1, 0.15) is 45.1 Å². The molecule has 0 aliphatic carbocycles. The zero-order valence-corrected chi connectivity index (χ0v) is 12.9. The van der Waals surface area contributed by atoms with Gasteiger partial charge in [0.25, 0.3) is 0 Å². The highest BCUT2D eigenvalue weighted by Gasteiger charge is 2.36. The van der Waals surface area contributed by atoms with Crippen LogP contribution in [0.15, 0.2) is 30.3 Å². The van der Waals surface area contributed by atoms with Crippen LogP contribution in [0.2, 0.25) is 0 Å². The van der Waals surface area contributed by atoms with E-state index in [1.807, 2.05) is 0 Å². The van der Waals surface area contributed by atoms with Gasteiger partial charge in [0, 0.05) is 30.6 Å². The van der Waals surface area contributed by atoms with E-state index in [2.05, 4.69) is 54.4 Å². The highest BCUT2D eigenvalue weighted by Crippen LogP contribution is 2.28.